The molecule has 1 aromatic carbocycles. The zero-order chi connectivity index (χ0) is 18.2. The quantitative estimate of drug-likeness (QED) is 0.708. The average molecular weight is 374 g/mol. The molecular weight excluding hydrogens is 354 g/mol. The Morgan fingerprint density at radius 2 is 1.80 bits per heavy atom. The van der Waals surface area contributed by atoms with E-state index in [9.17, 15) is 14.9 Å². The lowest BCUT2D eigenvalue weighted by Crippen LogP contribution is -2.73. The highest BCUT2D eigenvalue weighted by molar-refractivity contribution is 8.78. The minimum absolute atomic E-state index is 0.0746. The van der Waals surface area contributed by atoms with E-state index in [0.29, 0.717) is 6.42 Å². The van der Waals surface area contributed by atoms with Crippen LogP contribution in [0.25, 0.3) is 0 Å². The van der Waals surface area contributed by atoms with E-state index in [1.165, 1.54) is 21.6 Å². The Balaban J connectivity index is 1.93. The summed E-state index contributed by atoms with van der Waals surface area (Å²) in [4.78, 5) is 27.9. The highest BCUT2D eigenvalue weighted by Crippen LogP contribution is 2.69. The molecule has 0 radical (unpaired) electrons. The predicted molar refractivity (Wildman–Crippen MR) is 98.2 cm³/mol. The molecule has 4 atom stereocenters. The molecule has 4 aliphatic rings. The maximum absolute atomic E-state index is 13.4. The first-order chi connectivity index (χ1) is 11.7. The third-order valence-electron chi connectivity index (χ3n) is 5.74. The van der Waals surface area contributed by atoms with Crippen LogP contribution in [0.3, 0.4) is 0 Å². The molecule has 1 spiro atoms. The molecule has 4 unspecified atom stereocenters. The van der Waals surface area contributed by atoms with Gasteiger partial charge in [-0.1, -0.05) is 51.4 Å². The number of hydrogen-bond donors (Lipinski definition) is 0. The number of hydrogen-bond acceptors (Lipinski definition) is 5. The number of piperazine rings is 1. The summed E-state index contributed by atoms with van der Waals surface area (Å²) in [6.45, 7) is 5.66. The van der Waals surface area contributed by atoms with Crippen molar-refractivity contribution in [1.29, 1.82) is 5.26 Å². The van der Waals surface area contributed by atoms with Crippen LogP contribution in [0.4, 0.5) is 0 Å². The van der Waals surface area contributed by atoms with Gasteiger partial charge >= 0.3 is 0 Å². The van der Waals surface area contributed by atoms with Crippen molar-refractivity contribution in [3.8, 4) is 6.07 Å². The lowest BCUT2D eigenvalue weighted by Gasteiger charge is -2.57. The number of aryl methyl sites for hydroxylation is 1. The van der Waals surface area contributed by atoms with E-state index in [-0.39, 0.29) is 11.8 Å². The molecule has 0 N–H and O–H groups in total. The monoisotopic (exact) mass is 373 g/mol. The number of benzene rings is 1. The largest absolute Gasteiger partial charge is 0.319 e. The van der Waals surface area contributed by atoms with E-state index in [1.54, 1.807) is 23.8 Å². The number of nitriles is 1. The number of carbonyl (C=O) groups is 2. The van der Waals surface area contributed by atoms with Gasteiger partial charge in [0.25, 0.3) is 11.8 Å². The van der Waals surface area contributed by atoms with Crippen LogP contribution in [0.2, 0.25) is 0 Å². The van der Waals surface area contributed by atoms with Gasteiger partial charge in [-0.05, 0) is 26.3 Å². The Morgan fingerprint density at radius 3 is 2.40 bits per heavy atom. The smallest absolute Gasteiger partial charge is 0.261 e. The van der Waals surface area contributed by atoms with Crippen LogP contribution in [0.15, 0.2) is 24.3 Å². The molecule has 130 valence electrons. The zero-order valence-electron chi connectivity index (χ0n) is 14.6. The Labute approximate surface area is 155 Å². The summed E-state index contributed by atoms with van der Waals surface area (Å²) in [5, 5.41) is 9.96. The van der Waals surface area contributed by atoms with Crippen LogP contribution >= 0.6 is 21.6 Å². The fourth-order valence-corrected chi connectivity index (χ4v) is 7.75. The zero-order valence-corrected chi connectivity index (χ0v) is 16.2. The van der Waals surface area contributed by atoms with Crippen molar-refractivity contribution in [2.45, 2.75) is 43.0 Å². The molecule has 4 aliphatic heterocycles. The summed E-state index contributed by atoms with van der Waals surface area (Å²) in [6.07, 6.45) is 0.345. The van der Waals surface area contributed by atoms with Gasteiger partial charge in [0, 0.05) is 13.5 Å². The van der Waals surface area contributed by atoms with Crippen molar-refractivity contribution in [2.24, 2.45) is 5.41 Å². The second-order valence-corrected chi connectivity index (χ2v) is 10.3. The van der Waals surface area contributed by atoms with Crippen LogP contribution in [0.1, 0.15) is 37.4 Å². The summed E-state index contributed by atoms with van der Waals surface area (Å²) in [7, 11) is 4.57. The molecule has 0 saturated carbocycles. The molecule has 1 aromatic rings. The van der Waals surface area contributed by atoms with Gasteiger partial charge < -0.3 is 9.80 Å². The number of fused-ring (bicyclic) bond motifs is 2. The summed E-state index contributed by atoms with van der Waals surface area (Å²) in [5.41, 5.74) is 1.22. The minimum atomic E-state index is -0.992. The van der Waals surface area contributed by atoms with Crippen molar-refractivity contribution >= 4 is 33.4 Å². The number of amides is 2. The molecule has 4 fully saturated rings. The van der Waals surface area contributed by atoms with E-state index < -0.39 is 21.2 Å². The lowest BCUT2D eigenvalue weighted by atomic mass is 9.79. The molecular formula is C18H19N3O2S2. The summed E-state index contributed by atoms with van der Waals surface area (Å²) in [5.74, 6) is -0.155. The molecule has 25 heavy (non-hydrogen) atoms. The summed E-state index contributed by atoms with van der Waals surface area (Å²) in [6, 6.07) is 9.92. The van der Waals surface area contributed by atoms with Crippen molar-refractivity contribution in [1.82, 2.24) is 9.80 Å². The first-order valence-corrected chi connectivity index (χ1v) is 10.3. The van der Waals surface area contributed by atoms with Gasteiger partial charge in [0.2, 0.25) is 0 Å². The second kappa shape index (κ2) is 4.95. The normalized spacial score (nSPS) is 39.6. The van der Waals surface area contributed by atoms with E-state index in [1.807, 2.05) is 38.1 Å². The Hall–Kier alpha value is -1.65. The molecule has 0 aromatic heterocycles. The predicted octanol–water partition coefficient (Wildman–Crippen LogP) is 3.08. The SMILES string of the molecule is Cc1ccc(C2N3C(=O)C4(C)SSC3(CC2(C)C#N)C(=O)N4C)cc1. The van der Waals surface area contributed by atoms with Crippen molar-refractivity contribution in [3.63, 3.8) is 0 Å². The van der Waals surface area contributed by atoms with Gasteiger partial charge in [-0.25, -0.2) is 0 Å². The minimum Gasteiger partial charge on any atom is -0.319 e. The Kier molecular flexibility index (Phi) is 3.33. The Bertz CT molecular complexity index is 836. The summed E-state index contributed by atoms with van der Waals surface area (Å²) >= 11 is 0. The number of carbonyl (C=O) groups excluding carboxylic acids is 2. The molecule has 0 aliphatic carbocycles. The van der Waals surface area contributed by atoms with Gasteiger partial charge in [-0.2, -0.15) is 5.26 Å². The lowest BCUT2D eigenvalue weighted by molar-refractivity contribution is -0.164. The van der Waals surface area contributed by atoms with Gasteiger partial charge in [-0.15, -0.1) is 0 Å². The molecule has 4 heterocycles. The highest BCUT2D eigenvalue weighted by Gasteiger charge is 2.74. The third kappa shape index (κ3) is 1.87. The standard InChI is InChI=1S/C18H19N3O2S2/c1-11-5-7-12(8-6-11)13-16(2,10-19)9-18-15(23)20(4)17(3,24-25-18)14(22)21(13)18/h5-8,13H,9H2,1-4H3. The van der Waals surface area contributed by atoms with Crippen LogP contribution in [-0.2, 0) is 9.59 Å². The molecule has 7 heteroatoms. The number of rotatable bonds is 1. The number of nitrogens with zero attached hydrogens (tertiary/aromatic N) is 3. The molecule has 5 rings (SSSR count). The first kappa shape index (κ1) is 16.8. The van der Waals surface area contributed by atoms with Crippen molar-refractivity contribution in [2.75, 3.05) is 7.05 Å². The van der Waals surface area contributed by atoms with Crippen LogP contribution in [0.5, 0.6) is 0 Å². The molecule has 2 amide bonds. The van der Waals surface area contributed by atoms with E-state index >= 15 is 0 Å². The average Bonchev–Trinajstić information content (AvgIpc) is 2.87. The van der Waals surface area contributed by atoms with Crippen LogP contribution in [0, 0.1) is 23.7 Å². The van der Waals surface area contributed by atoms with Gasteiger partial charge in [-0.3, -0.25) is 9.59 Å². The van der Waals surface area contributed by atoms with E-state index in [0.717, 1.165) is 11.1 Å². The topological polar surface area (TPSA) is 64.4 Å². The van der Waals surface area contributed by atoms with Crippen LogP contribution in [-0.4, -0.2) is 38.4 Å². The first-order valence-electron chi connectivity index (χ1n) is 8.16. The molecule has 5 nitrogen and oxygen atoms in total. The van der Waals surface area contributed by atoms with Crippen molar-refractivity contribution in [3.05, 3.63) is 35.4 Å². The maximum Gasteiger partial charge on any atom is 0.261 e. The van der Waals surface area contributed by atoms with Gasteiger partial charge in [0.15, 0.2) is 9.74 Å². The fourth-order valence-electron chi connectivity index (χ4n) is 4.17. The molecule has 4 saturated heterocycles. The van der Waals surface area contributed by atoms with E-state index in [4.69, 9.17) is 0 Å². The second-order valence-electron chi connectivity index (χ2n) is 7.49. The third-order valence-corrected chi connectivity index (χ3v) is 9.44. The van der Waals surface area contributed by atoms with E-state index in [2.05, 4.69) is 6.07 Å². The highest BCUT2D eigenvalue weighted by atomic mass is 33.1. The Morgan fingerprint density at radius 1 is 1.16 bits per heavy atom. The van der Waals surface area contributed by atoms with Crippen LogP contribution < -0.4 is 0 Å². The van der Waals surface area contributed by atoms with Crippen molar-refractivity contribution < 1.29 is 9.59 Å². The van der Waals surface area contributed by atoms with Gasteiger partial charge in [0.05, 0.1) is 17.5 Å². The fraction of sp³-hybridized carbons (Fsp3) is 0.500. The number of likely N-dealkylation sites (N-methyl/N-ethyl adjacent to an activating group) is 1. The summed E-state index contributed by atoms with van der Waals surface area (Å²) < 4.78 is 0. The molecule has 2 bridgehead atoms. The maximum atomic E-state index is 13.4. The van der Waals surface area contributed by atoms with Gasteiger partial charge in [0.1, 0.15) is 0 Å².